The number of hydrogen-bond acceptors (Lipinski definition) is 4. The Bertz CT molecular complexity index is 429. The van der Waals surface area contributed by atoms with Gasteiger partial charge in [0.05, 0.1) is 29.5 Å². The van der Waals surface area contributed by atoms with Crippen LogP contribution in [0.5, 0.6) is 0 Å². The summed E-state index contributed by atoms with van der Waals surface area (Å²) in [6.45, 7) is 7.00. The Labute approximate surface area is 116 Å². The third kappa shape index (κ3) is 3.55. The van der Waals surface area contributed by atoms with Gasteiger partial charge < -0.3 is 4.74 Å². The van der Waals surface area contributed by atoms with Crippen LogP contribution in [0.3, 0.4) is 0 Å². The van der Waals surface area contributed by atoms with E-state index in [4.69, 9.17) is 4.74 Å². The summed E-state index contributed by atoms with van der Waals surface area (Å²) < 4.78 is 7.56. The topological polar surface area (TPSA) is 47.4 Å². The number of ether oxygens (including phenoxy) is 1. The number of esters is 1. The van der Waals surface area contributed by atoms with Crippen LogP contribution < -0.4 is 0 Å². The predicted molar refractivity (Wildman–Crippen MR) is 73.2 cm³/mol. The minimum Gasteiger partial charge on any atom is -0.468 e. The van der Waals surface area contributed by atoms with E-state index in [1.807, 2.05) is 23.6 Å². The van der Waals surface area contributed by atoms with E-state index in [1.165, 1.54) is 7.11 Å². The molecule has 0 aliphatic heterocycles. The van der Waals surface area contributed by atoms with Crippen molar-refractivity contribution < 1.29 is 9.53 Å². The van der Waals surface area contributed by atoms with Crippen LogP contribution in [-0.4, -0.2) is 40.3 Å². The molecular formula is C12H20BrN3O2. The highest BCUT2D eigenvalue weighted by Crippen LogP contribution is 2.22. The van der Waals surface area contributed by atoms with Gasteiger partial charge in [-0.05, 0) is 36.7 Å². The molecule has 0 unspecified atom stereocenters. The number of carbonyl (C=O) groups excluding carboxylic acids is 1. The first-order valence-corrected chi connectivity index (χ1v) is 6.65. The van der Waals surface area contributed by atoms with E-state index in [2.05, 4.69) is 34.9 Å². The summed E-state index contributed by atoms with van der Waals surface area (Å²) in [7, 11) is 3.31. The summed E-state index contributed by atoms with van der Waals surface area (Å²) in [5.41, 5.74) is 2.01. The number of methoxy groups -OCH3 is 1. The molecule has 0 atom stereocenters. The van der Waals surface area contributed by atoms with Gasteiger partial charge in [0.25, 0.3) is 0 Å². The maximum atomic E-state index is 11.4. The number of aryl methyl sites for hydroxylation is 2. The van der Waals surface area contributed by atoms with Gasteiger partial charge in [0.15, 0.2) is 0 Å². The monoisotopic (exact) mass is 317 g/mol. The molecule has 0 spiro atoms. The van der Waals surface area contributed by atoms with Gasteiger partial charge >= 0.3 is 5.97 Å². The van der Waals surface area contributed by atoms with Crippen molar-refractivity contribution in [1.29, 1.82) is 0 Å². The fourth-order valence-corrected chi connectivity index (χ4v) is 2.16. The molecule has 0 fully saturated rings. The summed E-state index contributed by atoms with van der Waals surface area (Å²) in [5.74, 6) is -0.223. The molecule has 0 saturated carbocycles. The summed E-state index contributed by atoms with van der Waals surface area (Å²) in [6.07, 6.45) is 0. The molecule has 6 heteroatoms. The summed E-state index contributed by atoms with van der Waals surface area (Å²) >= 11 is 3.54. The lowest BCUT2D eigenvalue weighted by Crippen LogP contribution is -2.36. The highest BCUT2D eigenvalue weighted by molar-refractivity contribution is 9.10. The Balaban J connectivity index is 2.86. The highest BCUT2D eigenvalue weighted by Gasteiger charge is 2.19. The zero-order valence-corrected chi connectivity index (χ0v) is 13.1. The minimum absolute atomic E-state index is 0.223. The average molecular weight is 318 g/mol. The van der Waals surface area contributed by atoms with Crippen molar-refractivity contribution >= 4 is 21.9 Å². The Morgan fingerprint density at radius 1 is 1.56 bits per heavy atom. The van der Waals surface area contributed by atoms with Crippen LogP contribution in [0.4, 0.5) is 0 Å². The van der Waals surface area contributed by atoms with E-state index in [0.717, 1.165) is 15.9 Å². The molecule has 5 nitrogen and oxygen atoms in total. The van der Waals surface area contributed by atoms with Crippen LogP contribution in [0.25, 0.3) is 0 Å². The second kappa shape index (κ2) is 6.33. The van der Waals surface area contributed by atoms with Gasteiger partial charge in [-0.25, -0.2) is 0 Å². The van der Waals surface area contributed by atoms with Crippen molar-refractivity contribution in [3.63, 3.8) is 0 Å². The molecule has 1 heterocycles. The van der Waals surface area contributed by atoms with E-state index < -0.39 is 0 Å². The van der Waals surface area contributed by atoms with Gasteiger partial charge in [-0.2, -0.15) is 5.10 Å². The van der Waals surface area contributed by atoms with Crippen LogP contribution in [0.2, 0.25) is 0 Å². The Kier molecular flexibility index (Phi) is 5.34. The fraction of sp³-hybridized carbons (Fsp3) is 0.667. The highest BCUT2D eigenvalue weighted by atomic mass is 79.9. The van der Waals surface area contributed by atoms with E-state index in [9.17, 15) is 4.79 Å². The number of aromatic nitrogens is 2. The Hall–Kier alpha value is -0.880. The molecule has 0 aliphatic rings. The van der Waals surface area contributed by atoms with Gasteiger partial charge in [-0.3, -0.25) is 14.4 Å². The molecule has 0 aromatic carbocycles. The minimum atomic E-state index is -0.223. The van der Waals surface area contributed by atoms with Crippen LogP contribution in [0.1, 0.15) is 25.2 Å². The van der Waals surface area contributed by atoms with E-state index in [0.29, 0.717) is 6.54 Å². The quantitative estimate of drug-likeness (QED) is 0.778. The lowest BCUT2D eigenvalue weighted by molar-refractivity contribution is -0.142. The lowest BCUT2D eigenvalue weighted by atomic mass is 10.2. The first-order valence-electron chi connectivity index (χ1n) is 5.85. The second-order valence-electron chi connectivity index (χ2n) is 4.54. The van der Waals surface area contributed by atoms with Gasteiger partial charge in [0.2, 0.25) is 0 Å². The normalized spacial score (nSPS) is 11.3. The van der Waals surface area contributed by atoms with Crippen LogP contribution in [0.15, 0.2) is 4.47 Å². The van der Waals surface area contributed by atoms with Gasteiger partial charge in [0, 0.05) is 19.6 Å². The molecule has 0 amide bonds. The Morgan fingerprint density at radius 2 is 2.17 bits per heavy atom. The fourth-order valence-electron chi connectivity index (χ4n) is 1.70. The molecule has 0 radical (unpaired) electrons. The summed E-state index contributed by atoms with van der Waals surface area (Å²) in [6, 6.07) is 0.256. The van der Waals surface area contributed by atoms with E-state index in [-0.39, 0.29) is 18.6 Å². The van der Waals surface area contributed by atoms with Crippen molar-refractivity contribution in [1.82, 2.24) is 14.7 Å². The maximum Gasteiger partial charge on any atom is 0.319 e. The summed E-state index contributed by atoms with van der Waals surface area (Å²) in [5, 5.41) is 4.35. The van der Waals surface area contributed by atoms with E-state index >= 15 is 0 Å². The molecule has 1 rings (SSSR count). The first kappa shape index (κ1) is 15.2. The van der Waals surface area contributed by atoms with Crippen LogP contribution >= 0.6 is 15.9 Å². The second-order valence-corrected chi connectivity index (χ2v) is 5.34. The number of carbonyl (C=O) groups is 1. The molecule has 1 aromatic heterocycles. The van der Waals surface area contributed by atoms with Gasteiger partial charge in [0.1, 0.15) is 0 Å². The van der Waals surface area contributed by atoms with Crippen molar-refractivity contribution in [3.05, 3.63) is 15.9 Å². The zero-order valence-electron chi connectivity index (χ0n) is 11.5. The molecule has 0 bridgehead atoms. The standard InChI is InChI=1S/C12H20BrN3O2/c1-8(2)16(7-11(17)18-5)6-10-12(13)9(3)14-15(10)4/h8H,6-7H2,1-5H3. The van der Waals surface area contributed by atoms with Crippen LogP contribution in [0, 0.1) is 6.92 Å². The van der Waals surface area contributed by atoms with Crippen molar-refractivity contribution in [2.24, 2.45) is 7.05 Å². The average Bonchev–Trinajstić information content (AvgIpc) is 2.54. The van der Waals surface area contributed by atoms with Crippen LogP contribution in [-0.2, 0) is 23.1 Å². The van der Waals surface area contributed by atoms with Gasteiger partial charge in [-0.15, -0.1) is 0 Å². The number of nitrogens with zero attached hydrogens (tertiary/aromatic N) is 3. The Morgan fingerprint density at radius 3 is 2.56 bits per heavy atom. The lowest BCUT2D eigenvalue weighted by Gasteiger charge is -2.25. The molecule has 1 aromatic rings. The maximum absolute atomic E-state index is 11.4. The van der Waals surface area contributed by atoms with Gasteiger partial charge in [-0.1, -0.05) is 0 Å². The molecular weight excluding hydrogens is 298 g/mol. The molecule has 0 saturated heterocycles. The third-order valence-corrected chi connectivity index (χ3v) is 3.94. The van der Waals surface area contributed by atoms with Crippen molar-refractivity contribution in [2.75, 3.05) is 13.7 Å². The number of hydrogen-bond donors (Lipinski definition) is 0. The smallest absolute Gasteiger partial charge is 0.319 e. The molecule has 0 aliphatic carbocycles. The predicted octanol–water partition coefficient (Wildman–Crippen LogP) is 1.87. The molecule has 18 heavy (non-hydrogen) atoms. The SMILES string of the molecule is COC(=O)CN(Cc1c(Br)c(C)nn1C)C(C)C. The zero-order chi connectivity index (χ0) is 13.9. The number of rotatable bonds is 5. The van der Waals surface area contributed by atoms with E-state index in [1.54, 1.807) is 0 Å². The van der Waals surface area contributed by atoms with Crippen molar-refractivity contribution in [2.45, 2.75) is 33.4 Å². The summed E-state index contributed by atoms with van der Waals surface area (Å²) in [4.78, 5) is 13.4. The largest absolute Gasteiger partial charge is 0.468 e. The first-order chi connectivity index (χ1) is 8.36. The molecule has 0 N–H and O–H groups in total. The number of halogens is 1. The third-order valence-electron chi connectivity index (χ3n) is 2.90. The van der Waals surface area contributed by atoms with Crippen molar-refractivity contribution in [3.8, 4) is 0 Å². The molecule has 102 valence electrons.